The Morgan fingerprint density at radius 3 is 2.36 bits per heavy atom. The lowest BCUT2D eigenvalue weighted by molar-refractivity contribution is -0.173. The predicted molar refractivity (Wildman–Crippen MR) is 113 cm³/mol. The van der Waals surface area contributed by atoms with Gasteiger partial charge >= 0.3 is 6.18 Å². The van der Waals surface area contributed by atoms with Crippen molar-refractivity contribution in [2.45, 2.75) is 19.5 Å². The van der Waals surface area contributed by atoms with Crippen LogP contribution in [0.3, 0.4) is 0 Å². The standard InChI is InChI=1S/C18H26F4N4O.HI/c1-2-23-17(24-8-3-13-27-14-18(20,21)22)26-11-9-25(10-12-26)16-6-4-15(19)5-7-16;/h4-7H,2-3,8-14H2,1H3,(H,23,24);1H. The Morgan fingerprint density at radius 2 is 1.79 bits per heavy atom. The van der Waals surface area contributed by atoms with Gasteiger partial charge in [0.05, 0.1) is 0 Å². The molecule has 0 unspecified atom stereocenters. The van der Waals surface area contributed by atoms with Crippen molar-refractivity contribution in [2.24, 2.45) is 4.99 Å². The number of halogens is 5. The average molecular weight is 518 g/mol. The molecule has 28 heavy (non-hydrogen) atoms. The Bertz CT molecular complexity index is 590. The topological polar surface area (TPSA) is 40.1 Å². The van der Waals surface area contributed by atoms with Gasteiger partial charge in [0.25, 0.3) is 0 Å². The lowest BCUT2D eigenvalue weighted by Gasteiger charge is -2.37. The second-order valence-electron chi connectivity index (χ2n) is 6.21. The normalized spacial score (nSPS) is 15.4. The zero-order chi connectivity index (χ0) is 19.7. The Balaban J connectivity index is 0.00000392. The van der Waals surface area contributed by atoms with E-state index in [1.807, 2.05) is 6.92 Å². The number of benzene rings is 1. The van der Waals surface area contributed by atoms with Gasteiger partial charge in [-0.3, -0.25) is 4.99 Å². The number of ether oxygens (including phenoxy) is 1. The number of guanidine groups is 1. The molecule has 10 heteroatoms. The summed E-state index contributed by atoms with van der Waals surface area (Å²) in [6.07, 6.45) is -3.86. The molecule has 160 valence electrons. The van der Waals surface area contributed by atoms with E-state index in [4.69, 9.17) is 0 Å². The van der Waals surface area contributed by atoms with E-state index in [-0.39, 0.29) is 36.4 Å². The summed E-state index contributed by atoms with van der Waals surface area (Å²) < 4.78 is 53.7. The van der Waals surface area contributed by atoms with Crippen molar-refractivity contribution in [1.82, 2.24) is 10.2 Å². The fourth-order valence-corrected chi connectivity index (χ4v) is 2.79. The third-order valence-electron chi connectivity index (χ3n) is 4.08. The summed E-state index contributed by atoms with van der Waals surface area (Å²) in [4.78, 5) is 8.79. The maximum absolute atomic E-state index is 13.0. The number of rotatable bonds is 7. The first-order valence-corrected chi connectivity index (χ1v) is 9.07. The lowest BCUT2D eigenvalue weighted by Crippen LogP contribution is -2.52. The Labute approximate surface area is 180 Å². The maximum Gasteiger partial charge on any atom is 0.411 e. The number of hydrogen-bond donors (Lipinski definition) is 1. The van der Waals surface area contributed by atoms with Gasteiger partial charge in [-0.25, -0.2) is 4.39 Å². The van der Waals surface area contributed by atoms with Gasteiger partial charge in [-0.1, -0.05) is 0 Å². The molecule has 1 aromatic rings. The van der Waals surface area contributed by atoms with Gasteiger partial charge in [0.1, 0.15) is 12.4 Å². The van der Waals surface area contributed by atoms with Crippen LogP contribution in [-0.4, -0.2) is 69.5 Å². The van der Waals surface area contributed by atoms with Crippen molar-refractivity contribution in [3.8, 4) is 0 Å². The van der Waals surface area contributed by atoms with Crippen LogP contribution in [0.1, 0.15) is 13.3 Å². The number of hydrogen-bond acceptors (Lipinski definition) is 3. The second kappa shape index (κ2) is 12.3. The quantitative estimate of drug-likeness (QED) is 0.197. The van der Waals surface area contributed by atoms with E-state index >= 15 is 0 Å². The van der Waals surface area contributed by atoms with E-state index in [9.17, 15) is 17.6 Å². The Hall–Kier alpha value is -1.30. The smallest absolute Gasteiger partial charge is 0.372 e. The predicted octanol–water partition coefficient (Wildman–Crippen LogP) is 3.50. The zero-order valence-electron chi connectivity index (χ0n) is 15.8. The third-order valence-corrected chi connectivity index (χ3v) is 4.08. The first-order valence-electron chi connectivity index (χ1n) is 9.07. The van der Waals surface area contributed by atoms with Crippen molar-refractivity contribution in [1.29, 1.82) is 0 Å². The molecule has 0 atom stereocenters. The van der Waals surface area contributed by atoms with Gasteiger partial charge < -0.3 is 19.9 Å². The fourth-order valence-electron chi connectivity index (χ4n) is 2.79. The minimum Gasteiger partial charge on any atom is -0.372 e. The summed E-state index contributed by atoms with van der Waals surface area (Å²) in [5.41, 5.74) is 0.986. The van der Waals surface area contributed by atoms with E-state index < -0.39 is 12.8 Å². The Morgan fingerprint density at radius 1 is 1.14 bits per heavy atom. The molecule has 0 saturated carbocycles. The molecular formula is C18H27F4IN4O. The molecule has 0 aliphatic carbocycles. The van der Waals surface area contributed by atoms with Gasteiger partial charge in [-0.05, 0) is 37.6 Å². The molecule has 1 saturated heterocycles. The highest BCUT2D eigenvalue weighted by molar-refractivity contribution is 14.0. The van der Waals surface area contributed by atoms with E-state index in [1.165, 1.54) is 12.1 Å². The first kappa shape index (κ1) is 24.7. The van der Waals surface area contributed by atoms with Crippen molar-refractivity contribution >= 4 is 35.6 Å². The molecule has 1 heterocycles. The molecule has 0 aromatic heterocycles. The van der Waals surface area contributed by atoms with Gasteiger partial charge in [0.15, 0.2) is 5.96 Å². The highest BCUT2D eigenvalue weighted by Crippen LogP contribution is 2.17. The van der Waals surface area contributed by atoms with Gasteiger partial charge in [0.2, 0.25) is 0 Å². The molecule has 1 N–H and O–H groups in total. The number of nitrogens with zero attached hydrogens (tertiary/aromatic N) is 3. The molecular weight excluding hydrogens is 491 g/mol. The van der Waals surface area contributed by atoms with E-state index in [2.05, 4.69) is 24.8 Å². The van der Waals surface area contributed by atoms with Crippen LogP contribution in [0.4, 0.5) is 23.2 Å². The molecule has 1 aliphatic rings. The highest BCUT2D eigenvalue weighted by atomic mass is 127. The van der Waals surface area contributed by atoms with Gasteiger partial charge in [-0.2, -0.15) is 13.2 Å². The maximum atomic E-state index is 13.0. The first-order chi connectivity index (χ1) is 12.9. The summed E-state index contributed by atoms with van der Waals surface area (Å²) in [6, 6.07) is 6.44. The molecule has 1 aliphatic heterocycles. The van der Waals surface area contributed by atoms with Crippen LogP contribution in [-0.2, 0) is 4.74 Å². The van der Waals surface area contributed by atoms with Crippen LogP contribution < -0.4 is 10.2 Å². The molecule has 0 spiro atoms. The zero-order valence-corrected chi connectivity index (χ0v) is 18.2. The molecule has 2 rings (SSSR count). The molecule has 1 aromatic carbocycles. The van der Waals surface area contributed by atoms with Gasteiger partial charge in [0, 0.05) is 51.6 Å². The number of anilines is 1. The summed E-state index contributed by atoms with van der Waals surface area (Å²) in [6.45, 7) is 4.97. The van der Waals surface area contributed by atoms with Crippen LogP contribution in [0.2, 0.25) is 0 Å². The third kappa shape index (κ3) is 8.80. The number of nitrogens with one attached hydrogen (secondary N) is 1. The summed E-state index contributed by atoms with van der Waals surface area (Å²) in [7, 11) is 0. The summed E-state index contributed by atoms with van der Waals surface area (Å²) >= 11 is 0. The largest absolute Gasteiger partial charge is 0.411 e. The molecule has 0 radical (unpaired) electrons. The van der Waals surface area contributed by atoms with Crippen LogP contribution in [0.5, 0.6) is 0 Å². The molecule has 5 nitrogen and oxygen atoms in total. The monoisotopic (exact) mass is 518 g/mol. The second-order valence-corrected chi connectivity index (χ2v) is 6.21. The van der Waals surface area contributed by atoms with Gasteiger partial charge in [-0.15, -0.1) is 24.0 Å². The Kier molecular flexibility index (Phi) is 10.9. The lowest BCUT2D eigenvalue weighted by atomic mass is 10.2. The van der Waals surface area contributed by atoms with Crippen LogP contribution in [0.25, 0.3) is 0 Å². The average Bonchev–Trinajstić information content (AvgIpc) is 2.63. The minimum absolute atomic E-state index is 0. The van der Waals surface area contributed by atoms with E-state index in [0.29, 0.717) is 19.5 Å². The highest BCUT2D eigenvalue weighted by Gasteiger charge is 2.27. The van der Waals surface area contributed by atoms with Crippen molar-refractivity contribution < 1.29 is 22.3 Å². The van der Waals surface area contributed by atoms with E-state index in [0.717, 1.165) is 37.8 Å². The van der Waals surface area contributed by atoms with Crippen molar-refractivity contribution in [2.75, 3.05) is 57.4 Å². The molecule has 1 fully saturated rings. The van der Waals surface area contributed by atoms with Crippen molar-refractivity contribution in [3.05, 3.63) is 30.1 Å². The summed E-state index contributed by atoms with van der Waals surface area (Å²) in [5.74, 6) is 0.505. The summed E-state index contributed by atoms with van der Waals surface area (Å²) in [5, 5.41) is 3.22. The SMILES string of the molecule is CCNC(=NCCCOCC(F)(F)F)N1CCN(c2ccc(F)cc2)CC1.I. The van der Waals surface area contributed by atoms with Crippen LogP contribution in [0, 0.1) is 5.82 Å². The van der Waals surface area contributed by atoms with Crippen molar-refractivity contribution in [3.63, 3.8) is 0 Å². The van der Waals surface area contributed by atoms with E-state index in [1.54, 1.807) is 12.1 Å². The number of alkyl halides is 3. The minimum atomic E-state index is -4.29. The van der Waals surface area contributed by atoms with Crippen LogP contribution >= 0.6 is 24.0 Å². The fraction of sp³-hybridized carbons (Fsp3) is 0.611. The molecule has 0 amide bonds. The number of piperazine rings is 1. The van der Waals surface area contributed by atoms with Crippen LogP contribution in [0.15, 0.2) is 29.3 Å². The molecule has 0 bridgehead atoms. The number of aliphatic imine (C=N–C) groups is 1.